The van der Waals surface area contributed by atoms with Gasteiger partial charge in [0.05, 0.1) is 5.56 Å². The topological polar surface area (TPSA) is 37.3 Å². The van der Waals surface area contributed by atoms with Crippen LogP contribution in [-0.2, 0) is 5.75 Å². The third-order valence-electron chi connectivity index (χ3n) is 2.81. The predicted octanol–water partition coefficient (Wildman–Crippen LogP) is 4.30. The van der Waals surface area contributed by atoms with Gasteiger partial charge in [-0.2, -0.15) is 0 Å². The highest BCUT2D eigenvalue weighted by atomic mass is 32.2. The van der Waals surface area contributed by atoms with Gasteiger partial charge in [-0.1, -0.05) is 0 Å². The number of hydrogen-bond acceptors (Lipinski definition) is 3. The second-order valence-corrected chi connectivity index (χ2v) is 5.40. The zero-order valence-corrected chi connectivity index (χ0v) is 11.8. The number of carbonyl (C=O) groups is 1. The summed E-state index contributed by atoms with van der Waals surface area (Å²) in [6.45, 7) is 1.21. The molecule has 0 aliphatic rings. The molecule has 0 amide bonds. The SMILES string of the molecule is CC(=O)c1cc(F)cc(CSc2cc(F)ccc2F)c1O. The van der Waals surface area contributed by atoms with Crippen molar-refractivity contribution in [3.8, 4) is 5.75 Å². The molecule has 0 radical (unpaired) electrons. The van der Waals surface area contributed by atoms with Crippen molar-refractivity contribution in [3.05, 3.63) is 58.9 Å². The van der Waals surface area contributed by atoms with Gasteiger partial charge in [-0.3, -0.25) is 4.79 Å². The minimum absolute atomic E-state index is 0.00421. The molecule has 2 aromatic rings. The van der Waals surface area contributed by atoms with Crippen LogP contribution in [0.25, 0.3) is 0 Å². The largest absolute Gasteiger partial charge is 0.507 e. The van der Waals surface area contributed by atoms with E-state index >= 15 is 0 Å². The molecule has 2 nitrogen and oxygen atoms in total. The summed E-state index contributed by atoms with van der Waals surface area (Å²) in [7, 11) is 0. The number of thioether (sulfide) groups is 1. The molecule has 21 heavy (non-hydrogen) atoms. The van der Waals surface area contributed by atoms with Crippen molar-refractivity contribution < 1.29 is 23.1 Å². The van der Waals surface area contributed by atoms with Gasteiger partial charge in [0.25, 0.3) is 0 Å². The summed E-state index contributed by atoms with van der Waals surface area (Å²) < 4.78 is 40.0. The zero-order chi connectivity index (χ0) is 15.6. The zero-order valence-electron chi connectivity index (χ0n) is 11.0. The number of benzene rings is 2. The molecule has 1 N–H and O–H groups in total. The molecule has 0 atom stereocenters. The first-order valence-electron chi connectivity index (χ1n) is 5.98. The summed E-state index contributed by atoms with van der Waals surface area (Å²) in [6.07, 6.45) is 0. The number of aromatic hydroxyl groups is 1. The molecule has 0 heterocycles. The Kier molecular flexibility index (Phi) is 4.57. The lowest BCUT2D eigenvalue weighted by molar-refractivity contribution is 0.101. The second kappa shape index (κ2) is 6.22. The smallest absolute Gasteiger partial charge is 0.163 e. The standard InChI is InChI=1S/C15H11F3O2S/c1-8(19)12-5-11(17)4-9(15(12)20)7-21-14-6-10(16)2-3-13(14)18/h2-6,20H,7H2,1H3. The number of hydrogen-bond donors (Lipinski definition) is 1. The van der Waals surface area contributed by atoms with Crippen molar-refractivity contribution in [1.82, 2.24) is 0 Å². The molecule has 0 aliphatic heterocycles. The molecule has 110 valence electrons. The summed E-state index contributed by atoms with van der Waals surface area (Å²) in [5.74, 6) is -2.68. The van der Waals surface area contributed by atoms with Crippen molar-refractivity contribution in [2.75, 3.05) is 0 Å². The molecule has 0 aromatic heterocycles. The van der Waals surface area contributed by atoms with Gasteiger partial charge in [0.1, 0.15) is 23.2 Å². The molecule has 0 fully saturated rings. The van der Waals surface area contributed by atoms with E-state index in [2.05, 4.69) is 0 Å². The van der Waals surface area contributed by atoms with Gasteiger partial charge < -0.3 is 5.11 Å². The average Bonchev–Trinajstić information content (AvgIpc) is 2.42. The van der Waals surface area contributed by atoms with Gasteiger partial charge in [0, 0.05) is 16.2 Å². The lowest BCUT2D eigenvalue weighted by Gasteiger charge is -2.09. The number of carbonyl (C=O) groups excluding carboxylic acids is 1. The molecule has 0 saturated carbocycles. The van der Waals surface area contributed by atoms with Gasteiger partial charge in [-0.15, -0.1) is 11.8 Å². The van der Waals surface area contributed by atoms with Gasteiger partial charge in [0.2, 0.25) is 0 Å². The van der Waals surface area contributed by atoms with Crippen LogP contribution in [0.3, 0.4) is 0 Å². The fourth-order valence-electron chi connectivity index (χ4n) is 1.78. The van der Waals surface area contributed by atoms with Crippen LogP contribution in [0.15, 0.2) is 35.2 Å². The number of halogens is 3. The first kappa shape index (κ1) is 15.4. The van der Waals surface area contributed by atoms with E-state index in [4.69, 9.17) is 0 Å². The fraction of sp³-hybridized carbons (Fsp3) is 0.133. The molecular formula is C15H11F3O2S. The van der Waals surface area contributed by atoms with Crippen LogP contribution < -0.4 is 0 Å². The van der Waals surface area contributed by atoms with Crippen LogP contribution in [0, 0.1) is 17.5 Å². The summed E-state index contributed by atoms with van der Waals surface area (Å²) in [5.41, 5.74) is 0.0131. The molecular weight excluding hydrogens is 301 g/mol. The fourth-order valence-corrected chi connectivity index (χ4v) is 2.71. The van der Waals surface area contributed by atoms with Crippen LogP contribution in [0.2, 0.25) is 0 Å². The van der Waals surface area contributed by atoms with E-state index in [0.717, 1.165) is 42.1 Å². The molecule has 0 unspecified atom stereocenters. The minimum Gasteiger partial charge on any atom is -0.507 e. The summed E-state index contributed by atoms with van der Waals surface area (Å²) in [5, 5.41) is 9.92. The van der Waals surface area contributed by atoms with Crippen LogP contribution in [0.1, 0.15) is 22.8 Å². The van der Waals surface area contributed by atoms with E-state index in [1.165, 1.54) is 6.92 Å². The van der Waals surface area contributed by atoms with Crippen LogP contribution in [0.5, 0.6) is 5.75 Å². The normalized spacial score (nSPS) is 10.7. The van der Waals surface area contributed by atoms with E-state index in [1.807, 2.05) is 0 Å². The lowest BCUT2D eigenvalue weighted by Crippen LogP contribution is -1.97. The summed E-state index contributed by atoms with van der Waals surface area (Å²) >= 11 is 0.905. The average molecular weight is 312 g/mol. The Labute approximate surface area is 123 Å². The molecule has 6 heteroatoms. The highest BCUT2D eigenvalue weighted by Gasteiger charge is 2.14. The number of phenolic OH excluding ortho intramolecular Hbond substituents is 1. The Balaban J connectivity index is 2.28. The minimum atomic E-state index is -0.673. The maximum atomic E-state index is 13.5. The highest BCUT2D eigenvalue weighted by molar-refractivity contribution is 7.98. The quantitative estimate of drug-likeness (QED) is 0.675. The van der Waals surface area contributed by atoms with Crippen molar-refractivity contribution in [2.24, 2.45) is 0 Å². The van der Waals surface area contributed by atoms with Crippen LogP contribution in [0.4, 0.5) is 13.2 Å². The van der Waals surface area contributed by atoms with Gasteiger partial charge >= 0.3 is 0 Å². The third-order valence-corrected chi connectivity index (χ3v) is 3.89. The maximum Gasteiger partial charge on any atom is 0.163 e. The molecule has 0 aliphatic carbocycles. The van der Waals surface area contributed by atoms with Gasteiger partial charge in [-0.25, -0.2) is 13.2 Å². The summed E-state index contributed by atoms with van der Waals surface area (Å²) in [4.78, 5) is 11.3. The second-order valence-electron chi connectivity index (χ2n) is 4.38. The Hall–Kier alpha value is -1.95. The van der Waals surface area contributed by atoms with Gasteiger partial charge in [-0.05, 0) is 37.3 Å². The molecule has 0 spiro atoms. The number of phenols is 1. The predicted molar refractivity (Wildman–Crippen MR) is 74.0 cm³/mol. The lowest BCUT2D eigenvalue weighted by atomic mass is 10.1. The van der Waals surface area contributed by atoms with E-state index in [1.54, 1.807) is 0 Å². The van der Waals surface area contributed by atoms with Crippen molar-refractivity contribution in [3.63, 3.8) is 0 Å². The van der Waals surface area contributed by atoms with Crippen molar-refractivity contribution >= 4 is 17.5 Å². The summed E-state index contributed by atoms with van der Waals surface area (Å²) in [6, 6.07) is 5.00. The van der Waals surface area contributed by atoms with E-state index in [-0.39, 0.29) is 27.5 Å². The monoisotopic (exact) mass is 312 g/mol. The number of Topliss-reactive ketones (excluding diaryl/α,β-unsaturated/α-hetero) is 1. The van der Waals surface area contributed by atoms with E-state index < -0.39 is 23.2 Å². The highest BCUT2D eigenvalue weighted by Crippen LogP contribution is 2.32. The third kappa shape index (κ3) is 3.58. The molecule has 0 bridgehead atoms. The van der Waals surface area contributed by atoms with Crippen molar-refractivity contribution in [1.29, 1.82) is 0 Å². The van der Waals surface area contributed by atoms with Gasteiger partial charge in [0.15, 0.2) is 5.78 Å². The Bertz CT molecular complexity index is 702. The molecule has 2 rings (SSSR count). The first-order valence-corrected chi connectivity index (χ1v) is 6.97. The van der Waals surface area contributed by atoms with E-state index in [0.29, 0.717) is 0 Å². The Morgan fingerprint density at radius 2 is 1.86 bits per heavy atom. The first-order chi connectivity index (χ1) is 9.88. The molecule has 0 saturated heterocycles. The Morgan fingerprint density at radius 3 is 2.52 bits per heavy atom. The van der Waals surface area contributed by atoms with Crippen LogP contribution >= 0.6 is 11.8 Å². The van der Waals surface area contributed by atoms with Crippen molar-refractivity contribution in [2.45, 2.75) is 17.6 Å². The van der Waals surface area contributed by atoms with Crippen LogP contribution in [-0.4, -0.2) is 10.9 Å². The Morgan fingerprint density at radius 1 is 1.14 bits per heavy atom. The molecule has 2 aromatic carbocycles. The number of rotatable bonds is 4. The number of ketones is 1. The van der Waals surface area contributed by atoms with E-state index in [9.17, 15) is 23.1 Å². The maximum absolute atomic E-state index is 13.5.